The summed E-state index contributed by atoms with van der Waals surface area (Å²) in [4.78, 5) is 38.2. The summed E-state index contributed by atoms with van der Waals surface area (Å²) in [7, 11) is 0. The average Bonchev–Trinajstić information content (AvgIpc) is 3.00. The standard InChI is InChI=1S/C22H25N3O4/c26-15-18(13-17-9-5-2-6-10-17)23-20(27)14-19-21(28)25(22(29)24-19)12-11-16-7-3-1-4-8-16/h1-10,18-19,26H,11-15H2,(H,23,27)(H,24,29)/t18-,19+/m0/s1. The molecule has 2 aromatic rings. The molecule has 7 nitrogen and oxygen atoms in total. The zero-order chi connectivity index (χ0) is 20.6. The minimum Gasteiger partial charge on any atom is -0.394 e. The van der Waals surface area contributed by atoms with Gasteiger partial charge in [-0.15, -0.1) is 0 Å². The van der Waals surface area contributed by atoms with Crippen LogP contribution in [0.3, 0.4) is 0 Å². The van der Waals surface area contributed by atoms with Gasteiger partial charge in [0.25, 0.3) is 5.91 Å². The highest BCUT2D eigenvalue weighted by molar-refractivity contribution is 6.05. The minimum absolute atomic E-state index is 0.155. The molecule has 0 radical (unpaired) electrons. The van der Waals surface area contributed by atoms with Crippen molar-refractivity contribution in [2.45, 2.75) is 31.3 Å². The molecule has 1 heterocycles. The lowest BCUT2D eigenvalue weighted by Crippen LogP contribution is -2.43. The van der Waals surface area contributed by atoms with Crippen molar-refractivity contribution in [1.29, 1.82) is 0 Å². The summed E-state index contributed by atoms with van der Waals surface area (Å²) in [5.74, 6) is -0.784. The number of aliphatic hydroxyl groups is 1. The number of carbonyl (C=O) groups is 3. The predicted octanol–water partition coefficient (Wildman–Crippen LogP) is 1.26. The molecule has 29 heavy (non-hydrogen) atoms. The fourth-order valence-electron chi connectivity index (χ4n) is 3.34. The third-order valence-corrected chi connectivity index (χ3v) is 4.87. The van der Waals surface area contributed by atoms with Gasteiger partial charge in [0.2, 0.25) is 5.91 Å². The van der Waals surface area contributed by atoms with Crippen molar-refractivity contribution in [1.82, 2.24) is 15.5 Å². The smallest absolute Gasteiger partial charge is 0.324 e. The fraction of sp³-hybridized carbons (Fsp3) is 0.318. The molecule has 0 saturated carbocycles. The van der Waals surface area contributed by atoms with E-state index in [0.29, 0.717) is 12.8 Å². The highest BCUT2D eigenvalue weighted by Crippen LogP contribution is 2.12. The molecular weight excluding hydrogens is 370 g/mol. The number of aliphatic hydroxyl groups excluding tert-OH is 1. The number of amides is 4. The van der Waals surface area contributed by atoms with E-state index in [1.165, 1.54) is 0 Å². The van der Waals surface area contributed by atoms with Gasteiger partial charge < -0.3 is 15.7 Å². The van der Waals surface area contributed by atoms with Gasteiger partial charge in [-0.3, -0.25) is 14.5 Å². The Morgan fingerprint density at radius 2 is 1.66 bits per heavy atom. The van der Waals surface area contributed by atoms with Gasteiger partial charge in [0.15, 0.2) is 0 Å². The van der Waals surface area contributed by atoms with Crippen molar-refractivity contribution < 1.29 is 19.5 Å². The number of hydrogen-bond acceptors (Lipinski definition) is 4. The van der Waals surface area contributed by atoms with Crippen LogP contribution in [0.5, 0.6) is 0 Å². The van der Waals surface area contributed by atoms with Crippen LogP contribution in [-0.4, -0.2) is 53.1 Å². The molecule has 1 fully saturated rings. The van der Waals surface area contributed by atoms with E-state index in [1.807, 2.05) is 60.7 Å². The van der Waals surface area contributed by atoms with Crippen LogP contribution in [0.25, 0.3) is 0 Å². The summed E-state index contributed by atoms with van der Waals surface area (Å²) in [6, 6.07) is 17.3. The van der Waals surface area contributed by atoms with Crippen LogP contribution in [0.1, 0.15) is 17.5 Å². The molecule has 1 saturated heterocycles. The Labute approximate surface area is 169 Å². The quantitative estimate of drug-likeness (QED) is 0.557. The molecule has 4 amide bonds. The van der Waals surface area contributed by atoms with Gasteiger partial charge in [-0.1, -0.05) is 60.7 Å². The highest BCUT2D eigenvalue weighted by atomic mass is 16.3. The predicted molar refractivity (Wildman–Crippen MR) is 108 cm³/mol. The van der Waals surface area contributed by atoms with E-state index in [2.05, 4.69) is 10.6 Å². The van der Waals surface area contributed by atoms with Crippen LogP contribution in [0.15, 0.2) is 60.7 Å². The first-order chi connectivity index (χ1) is 14.1. The summed E-state index contributed by atoms with van der Waals surface area (Å²) >= 11 is 0. The van der Waals surface area contributed by atoms with Gasteiger partial charge in [0, 0.05) is 6.54 Å². The molecule has 0 spiro atoms. The first-order valence-electron chi connectivity index (χ1n) is 9.66. The maximum absolute atomic E-state index is 12.5. The second kappa shape index (κ2) is 9.84. The van der Waals surface area contributed by atoms with Crippen LogP contribution >= 0.6 is 0 Å². The first kappa shape index (κ1) is 20.5. The molecule has 7 heteroatoms. The molecule has 0 aromatic heterocycles. The second-order valence-electron chi connectivity index (χ2n) is 7.07. The molecule has 1 aliphatic rings. The van der Waals surface area contributed by atoms with Gasteiger partial charge in [-0.05, 0) is 24.0 Å². The zero-order valence-electron chi connectivity index (χ0n) is 16.1. The molecule has 152 valence electrons. The monoisotopic (exact) mass is 395 g/mol. The zero-order valence-corrected chi connectivity index (χ0v) is 16.1. The van der Waals surface area contributed by atoms with Crippen LogP contribution in [0.4, 0.5) is 4.79 Å². The number of imide groups is 1. The van der Waals surface area contributed by atoms with Crippen molar-refractivity contribution in [2.24, 2.45) is 0 Å². The molecule has 3 rings (SSSR count). The number of rotatable bonds is 9. The number of hydrogen-bond donors (Lipinski definition) is 3. The largest absolute Gasteiger partial charge is 0.394 e. The number of urea groups is 1. The van der Waals surface area contributed by atoms with E-state index in [9.17, 15) is 19.5 Å². The first-order valence-corrected chi connectivity index (χ1v) is 9.66. The summed E-state index contributed by atoms with van der Waals surface area (Å²) < 4.78 is 0. The Kier molecular flexibility index (Phi) is 6.97. The normalized spacial score (nSPS) is 17.1. The molecule has 2 aromatic carbocycles. The number of benzene rings is 2. The maximum Gasteiger partial charge on any atom is 0.324 e. The summed E-state index contributed by atoms with van der Waals surface area (Å²) in [5, 5.41) is 14.9. The molecule has 1 aliphatic heterocycles. The van der Waals surface area contributed by atoms with Crippen molar-refractivity contribution >= 4 is 17.8 Å². The van der Waals surface area contributed by atoms with Crippen molar-refractivity contribution in [3.8, 4) is 0 Å². The summed E-state index contributed by atoms with van der Waals surface area (Å²) in [6.07, 6.45) is 0.886. The Bertz CT molecular complexity index is 842. The Hall–Kier alpha value is -3.19. The maximum atomic E-state index is 12.5. The van der Waals surface area contributed by atoms with E-state index < -0.39 is 24.0 Å². The van der Waals surface area contributed by atoms with Crippen molar-refractivity contribution in [3.63, 3.8) is 0 Å². The number of nitrogens with one attached hydrogen (secondary N) is 2. The van der Waals surface area contributed by atoms with Crippen molar-refractivity contribution in [3.05, 3.63) is 71.8 Å². The van der Waals surface area contributed by atoms with E-state index in [-0.39, 0.29) is 25.5 Å². The molecule has 2 atom stereocenters. The Morgan fingerprint density at radius 3 is 2.28 bits per heavy atom. The average molecular weight is 395 g/mol. The lowest BCUT2D eigenvalue weighted by molar-refractivity contribution is -0.131. The summed E-state index contributed by atoms with van der Waals surface area (Å²) in [6.45, 7) is 0.0505. The molecule has 3 N–H and O–H groups in total. The lowest BCUT2D eigenvalue weighted by Gasteiger charge is -2.17. The van der Waals surface area contributed by atoms with Gasteiger partial charge in [-0.25, -0.2) is 4.79 Å². The lowest BCUT2D eigenvalue weighted by atomic mass is 10.1. The molecule has 0 unspecified atom stereocenters. The molecule has 0 bridgehead atoms. The fourth-order valence-corrected chi connectivity index (χ4v) is 3.34. The van der Waals surface area contributed by atoms with Crippen molar-refractivity contribution in [2.75, 3.05) is 13.2 Å². The van der Waals surface area contributed by atoms with E-state index in [4.69, 9.17) is 0 Å². The topological polar surface area (TPSA) is 98.7 Å². The third kappa shape index (κ3) is 5.65. The second-order valence-corrected chi connectivity index (χ2v) is 7.07. The molecule has 0 aliphatic carbocycles. The van der Waals surface area contributed by atoms with Gasteiger partial charge >= 0.3 is 6.03 Å². The van der Waals surface area contributed by atoms with Gasteiger partial charge in [0.1, 0.15) is 6.04 Å². The molecular formula is C22H25N3O4. The highest BCUT2D eigenvalue weighted by Gasteiger charge is 2.38. The minimum atomic E-state index is -0.880. The number of carbonyl (C=O) groups excluding carboxylic acids is 3. The SMILES string of the molecule is O=C(C[C@H]1NC(=O)N(CCc2ccccc2)C1=O)N[C@H](CO)Cc1ccccc1. The van der Waals surface area contributed by atoms with Crippen LogP contribution in [0.2, 0.25) is 0 Å². The summed E-state index contributed by atoms with van der Waals surface area (Å²) in [5.41, 5.74) is 2.02. The number of nitrogens with zero attached hydrogens (tertiary/aromatic N) is 1. The third-order valence-electron chi connectivity index (χ3n) is 4.87. The van der Waals surface area contributed by atoms with Gasteiger partial charge in [-0.2, -0.15) is 0 Å². The van der Waals surface area contributed by atoms with Crippen LogP contribution in [-0.2, 0) is 22.4 Å². The van der Waals surface area contributed by atoms with Gasteiger partial charge in [0.05, 0.1) is 19.1 Å². The van der Waals surface area contributed by atoms with Crippen LogP contribution in [0, 0.1) is 0 Å². The Balaban J connectivity index is 1.50. The van der Waals surface area contributed by atoms with Crippen LogP contribution < -0.4 is 10.6 Å². The van der Waals surface area contributed by atoms with E-state index >= 15 is 0 Å². The van der Waals surface area contributed by atoms with E-state index in [0.717, 1.165) is 16.0 Å². The Morgan fingerprint density at radius 1 is 1.03 bits per heavy atom. The van der Waals surface area contributed by atoms with E-state index in [1.54, 1.807) is 0 Å².